The zero-order chi connectivity index (χ0) is 14.1. The van der Waals surface area contributed by atoms with Crippen LogP contribution in [0.15, 0.2) is 22.7 Å². The Labute approximate surface area is 120 Å². The number of aromatic carboxylic acids is 1. The highest BCUT2D eigenvalue weighted by Gasteiger charge is 2.06. The summed E-state index contributed by atoms with van der Waals surface area (Å²) < 4.78 is 16.3. The van der Waals surface area contributed by atoms with Gasteiger partial charge in [0, 0.05) is 24.8 Å². The second-order valence-corrected chi connectivity index (χ2v) is 4.70. The monoisotopic (exact) mass is 332 g/mol. The van der Waals surface area contributed by atoms with Gasteiger partial charge in [0.25, 0.3) is 0 Å². The first-order chi connectivity index (χ1) is 9.13. The van der Waals surface area contributed by atoms with Crippen molar-refractivity contribution in [1.29, 1.82) is 0 Å². The van der Waals surface area contributed by atoms with Crippen LogP contribution in [0.5, 0.6) is 5.75 Å². The molecule has 0 aliphatic rings. The molecule has 1 rings (SSSR count). The number of benzene rings is 1. The third kappa shape index (κ3) is 6.56. The van der Waals surface area contributed by atoms with Gasteiger partial charge in [0.1, 0.15) is 12.4 Å². The second kappa shape index (κ2) is 8.90. The Morgan fingerprint density at radius 1 is 1.21 bits per heavy atom. The number of hydrogen-bond acceptors (Lipinski definition) is 4. The first kappa shape index (κ1) is 15.9. The summed E-state index contributed by atoms with van der Waals surface area (Å²) in [6, 6.07) is 4.73. The van der Waals surface area contributed by atoms with E-state index < -0.39 is 5.97 Å². The minimum atomic E-state index is -0.984. The predicted molar refractivity (Wildman–Crippen MR) is 73.9 cm³/mol. The molecule has 0 spiro atoms. The summed E-state index contributed by atoms with van der Waals surface area (Å²) >= 11 is 3.24. The number of carbonyl (C=O) groups is 1. The third-order valence-electron chi connectivity index (χ3n) is 2.25. The molecule has 0 unspecified atom stereocenters. The van der Waals surface area contributed by atoms with Gasteiger partial charge in [0.05, 0.1) is 12.2 Å². The van der Waals surface area contributed by atoms with Gasteiger partial charge in [-0.3, -0.25) is 0 Å². The van der Waals surface area contributed by atoms with Gasteiger partial charge in [-0.1, -0.05) is 15.9 Å². The van der Waals surface area contributed by atoms with Crippen molar-refractivity contribution < 1.29 is 24.1 Å². The van der Waals surface area contributed by atoms with Crippen molar-refractivity contribution in [3.8, 4) is 5.75 Å². The van der Waals surface area contributed by atoms with E-state index in [0.29, 0.717) is 36.6 Å². The minimum absolute atomic E-state index is 0.186. The van der Waals surface area contributed by atoms with Gasteiger partial charge in [-0.2, -0.15) is 0 Å². The Kier molecular flexibility index (Phi) is 7.47. The molecule has 0 bridgehead atoms. The summed E-state index contributed by atoms with van der Waals surface area (Å²) in [7, 11) is 1.65. The summed E-state index contributed by atoms with van der Waals surface area (Å²) in [6.45, 7) is 2.13. The normalized spacial score (nSPS) is 10.4. The molecule has 0 heterocycles. The Morgan fingerprint density at radius 2 is 2.00 bits per heavy atom. The highest BCUT2D eigenvalue weighted by molar-refractivity contribution is 9.10. The van der Waals surface area contributed by atoms with E-state index in [-0.39, 0.29) is 5.56 Å². The smallest absolute Gasteiger partial charge is 0.335 e. The molecule has 1 N–H and O–H groups in total. The Balaban J connectivity index is 2.31. The number of halogens is 1. The summed E-state index contributed by atoms with van der Waals surface area (Å²) in [5, 5.41) is 8.91. The molecular weight excluding hydrogens is 316 g/mol. The second-order valence-electron chi connectivity index (χ2n) is 3.79. The van der Waals surface area contributed by atoms with Crippen LogP contribution in [0.2, 0.25) is 0 Å². The van der Waals surface area contributed by atoms with Crippen LogP contribution < -0.4 is 4.74 Å². The van der Waals surface area contributed by atoms with E-state index in [4.69, 9.17) is 19.3 Å². The SMILES string of the molecule is COCCCOCCOc1cc(Br)cc(C(=O)O)c1. The topological polar surface area (TPSA) is 65.0 Å². The fraction of sp³-hybridized carbons (Fsp3) is 0.462. The number of carboxylic acid groups (broad SMARTS) is 1. The molecule has 19 heavy (non-hydrogen) atoms. The Bertz CT molecular complexity index is 408. The standard InChI is InChI=1S/C13H17BrO5/c1-17-3-2-4-18-5-6-19-12-8-10(13(15)16)7-11(14)9-12/h7-9H,2-6H2,1H3,(H,15,16). The van der Waals surface area contributed by atoms with Crippen LogP contribution in [0.1, 0.15) is 16.8 Å². The highest BCUT2D eigenvalue weighted by atomic mass is 79.9. The van der Waals surface area contributed by atoms with E-state index in [1.807, 2.05) is 0 Å². The third-order valence-corrected chi connectivity index (χ3v) is 2.71. The van der Waals surface area contributed by atoms with E-state index >= 15 is 0 Å². The number of hydrogen-bond donors (Lipinski definition) is 1. The van der Waals surface area contributed by atoms with Crippen LogP contribution >= 0.6 is 15.9 Å². The van der Waals surface area contributed by atoms with E-state index in [0.717, 1.165) is 6.42 Å². The Morgan fingerprint density at radius 3 is 2.68 bits per heavy atom. The first-order valence-corrected chi connectivity index (χ1v) is 6.66. The molecule has 1 aromatic rings. The van der Waals surface area contributed by atoms with Crippen LogP contribution in [-0.2, 0) is 9.47 Å². The molecule has 0 amide bonds. The van der Waals surface area contributed by atoms with Gasteiger partial charge in [0.2, 0.25) is 0 Å². The molecule has 0 atom stereocenters. The van der Waals surface area contributed by atoms with E-state index in [9.17, 15) is 4.79 Å². The summed E-state index contributed by atoms with van der Waals surface area (Å²) in [5.74, 6) is -0.478. The van der Waals surface area contributed by atoms with Crippen molar-refractivity contribution in [3.05, 3.63) is 28.2 Å². The lowest BCUT2D eigenvalue weighted by Gasteiger charge is -2.08. The van der Waals surface area contributed by atoms with Crippen LogP contribution in [0.4, 0.5) is 0 Å². The van der Waals surface area contributed by atoms with Gasteiger partial charge < -0.3 is 19.3 Å². The van der Waals surface area contributed by atoms with Crippen LogP contribution in [0.3, 0.4) is 0 Å². The van der Waals surface area contributed by atoms with Crippen LogP contribution in [-0.4, -0.2) is 44.6 Å². The first-order valence-electron chi connectivity index (χ1n) is 5.87. The van der Waals surface area contributed by atoms with Gasteiger partial charge in [-0.05, 0) is 24.6 Å². The number of ether oxygens (including phenoxy) is 3. The molecule has 0 saturated heterocycles. The van der Waals surface area contributed by atoms with Gasteiger partial charge in [0.15, 0.2) is 0 Å². The van der Waals surface area contributed by atoms with Crippen LogP contribution in [0, 0.1) is 0 Å². The number of rotatable bonds is 9. The lowest BCUT2D eigenvalue weighted by molar-refractivity contribution is 0.0695. The lowest BCUT2D eigenvalue weighted by atomic mass is 10.2. The molecule has 0 radical (unpaired) electrons. The highest BCUT2D eigenvalue weighted by Crippen LogP contribution is 2.21. The molecule has 106 valence electrons. The maximum absolute atomic E-state index is 10.9. The number of methoxy groups -OCH3 is 1. The molecule has 0 aliphatic heterocycles. The minimum Gasteiger partial charge on any atom is -0.491 e. The van der Waals surface area contributed by atoms with Crippen molar-refractivity contribution in [2.24, 2.45) is 0 Å². The summed E-state index contributed by atoms with van der Waals surface area (Å²) in [6.07, 6.45) is 0.844. The largest absolute Gasteiger partial charge is 0.491 e. The molecular formula is C13H17BrO5. The molecule has 0 saturated carbocycles. The van der Waals surface area contributed by atoms with Crippen LogP contribution in [0.25, 0.3) is 0 Å². The maximum atomic E-state index is 10.9. The van der Waals surface area contributed by atoms with Crippen molar-refractivity contribution in [2.75, 3.05) is 33.5 Å². The molecule has 1 aromatic carbocycles. The van der Waals surface area contributed by atoms with Crippen molar-refractivity contribution in [3.63, 3.8) is 0 Å². The molecule has 6 heteroatoms. The van der Waals surface area contributed by atoms with Crippen molar-refractivity contribution in [2.45, 2.75) is 6.42 Å². The maximum Gasteiger partial charge on any atom is 0.335 e. The van der Waals surface area contributed by atoms with Gasteiger partial charge in [-0.25, -0.2) is 4.79 Å². The average molecular weight is 333 g/mol. The zero-order valence-electron chi connectivity index (χ0n) is 10.7. The zero-order valence-corrected chi connectivity index (χ0v) is 12.3. The number of carboxylic acids is 1. The fourth-order valence-electron chi connectivity index (χ4n) is 1.40. The van der Waals surface area contributed by atoms with E-state index in [2.05, 4.69) is 15.9 Å². The van der Waals surface area contributed by atoms with Crippen molar-refractivity contribution in [1.82, 2.24) is 0 Å². The molecule has 0 fully saturated rings. The quantitative estimate of drug-likeness (QED) is 0.704. The van der Waals surface area contributed by atoms with Gasteiger partial charge >= 0.3 is 5.97 Å². The Hall–Kier alpha value is -1.11. The van der Waals surface area contributed by atoms with E-state index in [1.54, 1.807) is 13.2 Å². The average Bonchev–Trinajstić information content (AvgIpc) is 2.37. The summed E-state index contributed by atoms with van der Waals surface area (Å²) in [4.78, 5) is 10.9. The molecule has 0 aliphatic carbocycles. The lowest BCUT2D eigenvalue weighted by Crippen LogP contribution is -2.09. The predicted octanol–water partition coefficient (Wildman–Crippen LogP) is 2.58. The summed E-state index contributed by atoms with van der Waals surface area (Å²) in [5.41, 5.74) is 0.186. The van der Waals surface area contributed by atoms with Gasteiger partial charge in [-0.15, -0.1) is 0 Å². The van der Waals surface area contributed by atoms with E-state index in [1.165, 1.54) is 12.1 Å². The molecule has 5 nitrogen and oxygen atoms in total. The van der Waals surface area contributed by atoms with Crippen molar-refractivity contribution >= 4 is 21.9 Å². The fourth-order valence-corrected chi connectivity index (χ4v) is 1.87. The molecule has 0 aromatic heterocycles.